The Morgan fingerprint density at radius 2 is 1.65 bits per heavy atom. The Hall–Kier alpha value is -0.860. The highest BCUT2D eigenvalue weighted by atomic mass is 16.7. The highest BCUT2D eigenvalue weighted by Gasteiger charge is 2.36. The fourth-order valence-corrected chi connectivity index (χ4v) is 3.61. The van der Waals surface area contributed by atoms with Gasteiger partial charge in [-0.05, 0) is 24.3 Å². The normalized spacial score (nSPS) is 22.4. The van der Waals surface area contributed by atoms with Gasteiger partial charge < -0.3 is 9.47 Å². The monoisotopic (exact) mass is 274 g/mol. The van der Waals surface area contributed by atoms with E-state index in [9.17, 15) is 0 Å². The Morgan fingerprint density at radius 3 is 2.35 bits per heavy atom. The van der Waals surface area contributed by atoms with Crippen LogP contribution in [0.4, 0.5) is 0 Å². The summed E-state index contributed by atoms with van der Waals surface area (Å²) in [6.45, 7) is 1.53. The van der Waals surface area contributed by atoms with Crippen LogP contribution < -0.4 is 0 Å². The van der Waals surface area contributed by atoms with Crippen LogP contribution in [-0.4, -0.2) is 19.0 Å². The molecular weight excluding hydrogens is 248 g/mol. The Balaban J connectivity index is 1.53. The summed E-state index contributed by atoms with van der Waals surface area (Å²) in [5, 5.41) is 0. The van der Waals surface area contributed by atoms with Crippen molar-refractivity contribution in [1.29, 1.82) is 0 Å². The third kappa shape index (κ3) is 3.62. The van der Waals surface area contributed by atoms with E-state index in [1.54, 1.807) is 0 Å². The number of hydrogen-bond donors (Lipinski definition) is 0. The Bertz CT molecular complexity index is 389. The van der Waals surface area contributed by atoms with Crippen LogP contribution in [0.5, 0.6) is 0 Å². The van der Waals surface area contributed by atoms with Crippen LogP contribution in [0, 0.1) is 5.92 Å². The molecule has 2 nitrogen and oxygen atoms in total. The quantitative estimate of drug-likeness (QED) is 0.768. The fraction of sp³-hybridized carbons (Fsp3) is 0.667. The molecule has 110 valence electrons. The first-order valence-corrected chi connectivity index (χ1v) is 8.18. The summed E-state index contributed by atoms with van der Waals surface area (Å²) < 4.78 is 12.0. The van der Waals surface area contributed by atoms with E-state index in [0.29, 0.717) is 0 Å². The van der Waals surface area contributed by atoms with Crippen molar-refractivity contribution in [3.63, 3.8) is 0 Å². The van der Waals surface area contributed by atoms with Gasteiger partial charge in [-0.2, -0.15) is 0 Å². The molecule has 1 aromatic rings. The van der Waals surface area contributed by atoms with E-state index < -0.39 is 0 Å². The van der Waals surface area contributed by atoms with Gasteiger partial charge in [0.25, 0.3) is 0 Å². The maximum atomic E-state index is 6.00. The van der Waals surface area contributed by atoms with E-state index in [-0.39, 0.29) is 5.79 Å². The minimum Gasteiger partial charge on any atom is -0.348 e. The van der Waals surface area contributed by atoms with Crippen molar-refractivity contribution < 1.29 is 9.47 Å². The predicted molar refractivity (Wildman–Crippen MR) is 80.6 cm³/mol. The van der Waals surface area contributed by atoms with E-state index in [2.05, 4.69) is 30.3 Å². The highest BCUT2D eigenvalue weighted by Crippen LogP contribution is 2.35. The van der Waals surface area contributed by atoms with Gasteiger partial charge in [0.15, 0.2) is 5.79 Å². The molecule has 1 saturated carbocycles. The third-order valence-electron chi connectivity index (χ3n) is 4.86. The first-order chi connectivity index (χ1) is 9.86. The second-order valence-corrected chi connectivity index (χ2v) is 6.28. The van der Waals surface area contributed by atoms with Crippen LogP contribution in [0.15, 0.2) is 30.3 Å². The first-order valence-electron chi connectivity index (χ1n) is 8.18. The lowest BCUT2D eigenvalue weighted by Gasteiger charge is -2.28. The summed E-state index contributed by atoms with van der Waals surface area (Å²) in [5.41, 5.74) is 1.38. The minimum atomic E-state index is -0.293. The van der Waals surface area contributed by atoms with Crippen LogP contribution in [0.2, 0.25) is 0 Å². The molecule has 0 bridgehead atoms. The van der Waals surface area contributed by atoms with Crippen molar-refractivity contribution >= 4 is 0 Å². The van der Waals surface area contributed by atoms with E-state index in [0.717, 1.165) is 38.4 Å². The molecule has 0 aromatic heterocycles. The van der Waals surface area contributed by atoms with Crippen molar-refractivity contribution in [3.8, 4) is 0 Å². The van der Waals surface area contributed by atoms with Crippen LogP contribution in [-0.2, 0) is 15.9 Å². The van der Waals surface area contributed by atoms with Gasteiger partial charge in [0.1, 0.15) is 0 Å². The molecule has 0 spiro atoms. The van der Waals surface area contributed by atoms with Crippen molar-refractivity contribution in [2.24, 2.45) is 5.92 Å². The number of hydrogen-bond acceptors (Lipinski definition) is 2. The Morgan fingerprint density at radius 1 is 0.950 bits per heavy atom. The molecule has 0 radical (unpaired) electrons. The molecule has 1 aliphatic carbocycles. The third-order valence-corrected chi connectivity index (χ3v) is 4.86. The Labute approximate surface area is 122 Å². The second kappa shape index (κ2) is 6.73. The largest absolute Gasteiger partial charge is 0.348 e. The zero-order valence-corrected chi connectivity index (χ0v) is 12.4. The topological polar surface area (TPSA) is 18.5 Å². The van der Waals surface area contributed by atoms with Gasteiger partial charge in [0.05, 0.1) is 13.2 Å². The lowest BCUT2D eigenvalue weighted by molar-refractivity contribution is -0.168. The molecule has 20 heavy (non-hydrogen) atoms. The van der Waals surface area contributed by atoms with Crippen LogP contribution in [0.1, 0.15) is 50.5 Å². The maximum absolute atomic E-state index is 6.00. The smallest absolute Gasteiger partial charge is 0.168 e. The molecule has 0 atom stereocenters. The molecule has 0 N–H and O–H groups in total. The number of ether oxygens (including phenoxy) is 2. The fourth-order valence-electron chi connectivity index (χ4n) is 3.61. The van der Waals surface area contributed by atoms with Crippen LogP contribution >= 0.6 is 0 Å². The maximum Gasteiger partial charge on any atom is 0.168 e. The zero-order valence-electron chi connectivity index (χ0n) is 12.4. The standard InChI is InChI=1S/C18H26O2/c1-2-6-16(7-3-1)10-12-18(19-14-15-20-18)13-11-17-8-4-5-9-17/h1-3,6-7,17H,4-5,8-15H2. The lowest BCUT2D eigenvalue weighted by Crippen LogP contribution is -2.31. The van der Waals surface area contributed by atoms with Crippen molar-refractivity contribution in [1.82, 2.24) is 0 Å². The highest BCUT2D eigenvalue weighted by molar-refractivity contribution is 5.14. The molecule has 1 aliphatic heterocycles. The molecule has 2 fully saturated rings. The van der Waals surface area contributed by atoms with Gasteiger partial charge in [-0.1, -0.05) is 56.0 Å². The second-order valence-electron chi connectivity index (χ2n) is 6.28. The van der Waals surface area contributed by atoms with E-state index in [1.165, 1.54) is 37.7 Å². The van der Waals surface area contributed by atoms with Gasteiger partial charge >= 0.3 is 0 Å². The summed E-state index contributed by atoms with van der Waals surface area (Å²) in [6.07, 6.45) is 10.0. The number of aryl methyl sites for hydroxylation is 1. The first kappa shape index (κ1) is 14.1. The van der Waals surface area contributed by atoms with Gasteiger partial charge in [-0.3, -0.25) is 0 Å². The number of benzene rings is 1. The minimum absolute atomic E-state index is 0.293. The van der Waals surface area contributed by atoms with Crippen LogP contribution in [0.3, 0.4) is 0 Å². The summed E-state index contributed by atoms with van der Waals surface area (Å²) in [4.78, 5) is 0. The predicted octanol–water partition coefficient (Wildman–Crippen LogP) is 4.33. The van der Waals surface area contributed by atoms with Crippen LogP contribution in [0.25, 0.3) is 0 Å². The summed E-state index contributed by atoms with van der Waals surface area (Å²) >= 11 is 0. The average Bonchev–Trinajstić information content (AvgIpc) is 3.17. The molecule has 1 aromatic carbocycles. The molecule has 3 rings (SSSR count). The molecule has 1 heterocycles. The average molecular weight is 274 g/mol. The zero-order chi connectivity index (χ0) is 13.7. The summed E-state index contributed by atoms with van der Waals surface area (Å²) in [6, 6.07) is 10.7. The lowest BCUT2D eigenvalue weighted by atomic mass is 9.94. The van der Waals surface area contributed by atoms with E-state index >= 15 is 0 Å². The van der Waals surface area contributed by atoms with Gasteiger partial charge in [0, 0.05) is 12.8 Å². The number of rotatable bonds is 6. The van der Waals surface area contributed by atoms with Crippen molar-refractivity contribution in [2.75, 3.05) is 13.2 Å². The molecule has 2 heteroatoms. The summed E-state index contributed by atoms with van der Waals surface area (Å²) in [7, 11) is 0. The van der Waals surface area contributed by atoms with Gasteiger partial charge in [-0.15, -0.1) is 0 Å². The Kier molecular flexibility index (Phi) is 4.74. The van der Waals surface area contributed by atoms with E-state index in [1.807, 2.05) is 0 Å². The molecule has 1 saturated heterocycles. The van der Waals surface area contributed by atoms with Crippen molar-refractivity contribution in [3.05, 3.63) is 35.9 Å². The molecule has 0 unspecified atom stereocenters. The molecule has 2 aliphatic rings. The molecule has 0 amide bonds. The SMILES string of the molecule is c1ccc(CCC2(CCC3CCCC3)OCCO2)cc1. The van der Waals surface area contributed by atoms with Gasteiger partial charge in [-0.25, -0.2) is 0 Å². The van der Waals surface area contributed by atoms with Gasteiger partial charge in [0.2, 0.25) is 0 Å². The van der Waals surface area contributed by atoms with Crippen molar-refractivity contribution in [2.45, 2.75) is 57.2 Å². The molecular formula is C18H26O2. The van der Waals surface area contributed by atoms with E-state index in [4.69, 9.17) is 9.47 Å². The summed E-state index contributed by atoms with van der Waals surface area (Å²) in [5.74, 6) is 0.620.